The topological polar surface area (TPSA) is 122 Å². The van der Waals surface area contributed by atoms with Gasteiger partial charge in [-0.2, -0.15) is 0 Å². The molecule has 0 unspecified atom stereocenters. The largest absolute Gasteiger partial charge is 0.366 e. The molecule has 0 aliphatic carbocycles. The number of aromatic nitrogens is 1. The molecule has 2 heterocycles. The van der Waals surface area contributed by atoms with Crippen LogP contribution in [0.2, 0.25) is 0 Å². The van der Waals surface area contributed by atoms with E-state index in [0.29, 0.717) is 0 Å². The zero-order valence-corrected chi connectivity index (χ0v) is 11.0. The lowest BCUT2D eigenvalue weighted by Crippen LogP contribution is -2.22. The van der Waals surface area contributed by atoms with E-state index in [1.165, 1.54) is 17.6 Å². The first-order valence-electron chi connectivity index (χ1n) is 4.99. The lowest BCUT2D eigenvalue weighted by Gasteiger charge is -2.06. The Morgan fingerprint density at radius 1 is 1.37 bits per heavy atom. The van der Waals surface area contributed by atoms with Gasteiger partial charge in [0.2, 0.25) is 5.43 Å². The van der Waals surface area contributed by atoms with Crippen molar-refractivity contribution in [2.45, 2.75) is 4.90 Å². The second-order valence-electron chi connectivity index (χ2n) is 3.51. The number of sulfonamides is 1. The maximum Gasteiger partial charge on any atom is 0.267 e. The van der Waals surface area contributed by atoms with Crippen LogP contribution in [0.5, 0.6) is 0 Å². The third-order valence-electron chi connectivity index (χ3n) is 2.24. The van der Waals surface area contributed by atoms with Crippen LogP contribution in [0.15, 0.2) is 39.6 Å². The minimum absolute atomic E-state index is 0.0564. The van der Waals surface area contributed by atoms with Crippen molar-refractivity contribution in [2.24, 2.45) is 5.73 Å². The SMILES string of the molecule is NC(=O)c1ccsc1NS(=O)(=O)c1c[nH]ccc1=O. The van der Waals surface area contributed by atoms with E-state index in [0.717, 1.165) is 23.6 Å². The molecule has 0 bridgehead atoms. The fourth-order valence-electron chi connectivity index (χ4n) is 1.37. The number of hydrogen-bond donors (Lipinski definition) is 3. The molecule has 0 atom stereocenters. The monoisotopic (exact) mass is 299 g/mol. The number of H-pyrrole nitrogens is 1. The predicted octanol–water partition coefficient (Wildman–Crippen LogP) is 0.336. The van der Waals surface area contributed by atoms with Crippen LogP contribution < -0.4 is 15.9 Å². The van der Waals surface area contributed by atoms with Gasteiger partial charge in [-0.3, -0.25) is 14.3 Å². The Morgan fingerprint density at radius 3 is 2.74 bits per heavy atom. The zero-order chi connectivity index (χ0) is 14.0. The molecule has 0 aromatic carbocycles. The number of primary amides is 1. The quantitative estimate of drug-likeness (QED) is 0.753. The minimum Gasteiger partial charge on any atom is -0.366 e. The number of anilines is 1. The van der Waals surface area contributed by atoms with Crippen molar-refractivity contribution in [2.75, 3.05) is 4.72 Å². The van der Waals surface area contributed by atoms with Gasteiger partial charge in [-0.05, 0) is 11.4 Å². The van der Waals surface area contributed by atoms with Gasteiger partial charge in [0, 0.05) is 18.5 Å². The number of rotatable bonds is 4. The molecular formula is C10H9N3O4S2. The summed E-state index contributed by atoms with van der Waals surface area (Å²) in [6.07, 6.45) is 2.39. The number of amides is 1. The number of carbonyl (C=O) groups is 1. The molecule has 0 saturated heterocycles. The summed E-state index contributed by atoms with van der Waals surface area (Å²) in [6, 6.07) is 2.50. The fourth-order valence-corrected chi connectivity index (χ4v) is 3.55. The lowest BCUT2D eigenvalue weighted by atomic mass is 10.3. The van der Waals surface area contributed by atoms with E-state index >= 15 is 0 Å². The Bertz CT molecular complexity index is 776. The molecule has 1 amide bonds. The number of carbonyl (C=O) groups excluding carboxylic acids is 1. The standard InChI is InChI=1S/C10H9N3O4S2/c11-9(15)6-2-4-18-10(6)13-19(16,17)8-5-12-3-1-7(8)14/h1-5,13H,(H2,11,15)(H,12,14). The van der Waals surface area contributed by atoms with Gasteiger partial charge in [-0.1, -0.05) is 0 Å². The number of hydrogen-bond acceptors (Lipinski definition) is 5. The highest BCUT2D eigenvalue weighted by molar-refractivity contribution is 7.93. The molecule has 4 N–H and O–H groups in total. The summed E-state index contributed by atoms with van der Waals surface area (Å²) in [5, 5.41) is 1.60. The van der Waals surface area contributed by atoms with Gasteiger partial charge in [-0.15, -0.1) is 11.3 Å². The molecule has 7 nitrogen and oxygen atoms in total. The van der Waals surface area contributed by atoms with Crippen LogP contribution in [0, 0.1) is 0 Å². The highest BCUT2D eigenvalue weighted by Gasteiger charge is 2.21. The third kappa shape index (κ3) is 2.66. The van der Waals surface area contributed by atoms with E-state index in [1.807, 2.05) is 0 Å². The van der Waals surface area contributed by atoms with E-state index in [-0.39, 0.29) is 10.6 Å². The van der Waals surface area contributed by atoms with E-state index < -0.39 is 26.3 Å². The Morgan fingerprint density at radius 2 is 2.11 bits per heavy atom. The number of pyridine rings is 1. The predicted molar refractivity (Wildman–Crippen MR) is 70.7 cm³/mol. The van der Waals surface area contributed by atoms with Gasteiger partial charge in [0.1, 0.15) is 5.00 Å². The molecule has 2 aromatic heterocycles. The normalized spacial score (nSPS) is 11.2. The second-order valence-corrected chi connectivity index (χ2v) is 6.07. The van der Waals surface area contributed by atoms with Crippen molar-refractivity contribution in [3.63, 3.8) is 0 Å². The zero-order valence-electron chi connectivity index (χ0n) is 9.41. The van der Waals surface area contributed by atoms with Crippen molar-refractivity contribution in [1.82, 2.24) is 4.98 Å². The van der Waals surface area contributed by atoms with Crippen LogP contribution in [-0.4, -0.2) is 19.3 Å². The summed E-state index contributed by atoms with van der Waals surface area (Å²) in [5.74, 6) is -0.749. The maximum absolute atomic E-state index is 12.0. The first-order chi connectivity index (χ1) is 8.92. The third-order valence-corrected chi connectivity index (χ3v) is 4.57. The van der Waals surface area contributed by atoms with Gasteiger partial charge in [-0.25, -0.2) is 8.42 Å². The van der Waals surface area contributed by atoms with Gasteiger partial charge >= 0.3 is 0 Å². The molecule has 0 aliphatic heterocycles. The first kappa shape index (κ1) is 13.3. The van der Waals surface area contributed by atoms with Gasteiger partial charge < -0.3 is 10.7 Å². The van der Waals surface area contributed by atoms with Crippen molar-refractivity contribution < 1.29 is 13.2 Å². The van der Waals surface area contributed by atoms with Gasteiger partial charge in [0.05, 0.1) is 5.56 Å². The summed E-state index contributed by atoms with van der Waals surface area (Å²) in [4.78, 5) is 24.7. The highest BCUT2D eigenvalue weighted by Crippen LogP contribution is 2.24. The average Bonchev–Trinajstić information content (AvgIpc) is 2.76. The van der Waals surface area contributed by atoms with Gasteiger partial charge in [0.25, 0.3) is 15.9 Å². The van der Waals surface area contributed by atoms with E-state index in [9.17, 15) is 18.0 Å². The van der Waals surface area contributed by atoms with Crippen molar-refractivity contribution in [3.8, 4) is 0 Å². The Labute approximate surface area is 112 Å². The van der Waals surface area contributed by atoms with Gasteiger partial charge in [0.15, 0.2) is 4.90 Å². The fraction of sp³-hybridized carbons (Fsp3) is 0. The summed E-state index contributed by atoms with van der Waals surface area (Å²) >= 11 is 1.00. The molecule has 9 heteroatoms. The van der Waals surface area contributed by atoms with E-state index in [1.54, 1.807) is 0 Å². The van der Waals surface area contributed by atoms with Crippen LogP contribution >= 0.6 is 11.3 Å². The van der Waals surface area contributed by atoms with Crippen LogP contribution in [0.1, 0.15) is 10.4 Å². The Balaban J connectivity index is 2.43. The smallest absolute Gasteiger partial charge is 0.267 e. The molecule has 0 fully saturated rings. The molecule has 19 heavy (non-hydrogen) atoms. The highest BCUT2D eigenvalue weighted by atomic mass is 32.2. The maximum atomic E-state index is 12.0. The lowest BCUT2D eigenvalue weighted by molar-refractivity contribution is 0.100. The van der Waals surface area contributed by atoms with Crippen molar-refractivity contribution in [3.05, 3.63) is 45.7 Å². The minimum atomic E-state index is -4.06. The molecule has 2 rings (SSSR count). The van der Waals surface area contributed by atoms with Crippen LogP contribution in [0.3, 0.4) is 0 Å². The van der Waals surface area contributed by atoms with Crippen LogP contribution in [-0.2, 0) is 10.0 Å². The summed E-state index contributed by atoms with van der Waals surface area (Å²) < 4.78 is 26.2. The molecule has 100 valence electrons. The van der Waals surface area contributed by atoms with E-state index in [4.69, 9.17) is 5.73 Å². The summed E-state index contributed by atoms with van der Waals surface area (Å²) in [7, 11) is -4.06. The summed E-state index contributed by atoms with van der Waals surface area (Å²) in [5.41, 5.74) is 4.52. The first-order valence-corrected chi connectivity index (χ1v) is 7.35. The molecule has 0 spiro atoms. The number of nitrogens with one attached hydrogen (secondary N) is 2. The number of aromatic amines is 1. The second kappa shape index (κ2) is 4.86. The van der Waals surface area contributed by atoms with Crippen LogP contribution in [0.4, 0.5) is 5.00 Å². The van der Waals surface area contributed by atoms with Crippen molar-refractivity contribution >= 4 is 32.3 Å². The molecule has 0 aliphatic rings. The molecule has 0 radical (unpaired) electrons. The Hall–Kier alpha value is -2.13. The number of nitrogens with two attached hydrogens (primary N) is 1. The number of thiophene rings is 1. The molecular weight excluding hydrogens is 290 g/mol. The van der Waals surface area contributed by atoms with Crippen LogP contribution in [0.25, 0.3) is 0 Å². The average molecular weight is 299 g/mol. The molecule has 0 saturated carbocycles. The summed E-state index contributed by atoms with van der Waals surface area (Å²) in [6.45, 7) is 0. The molecule has 2 aromatic rings. The van der Waals surface area contributed by atoms with Crippen molar-refractivity contribution in [1.29, 1.82) is 0 Å². The Kier molecular flexibility index (Phi) is 3.40. The van der Waals surface area contributed by atoms with E-state index in [2.05, 4.69) is 9.71 Å².